The van der Waals surface area contributed by atoms with E-state index in [-0.39, 0.29) is 11.4 Å². The van der Waals surface area contributed by atoms with Crippen LogP contribution in [0.5, 0.6) is 0 Å². The molecule has 2 N–H and O–H groups in total. The van der Waals surface area contributed by atoms with E-state index in [4.69, 9.17) is 0 Å². The molecular formula is C15H19N3O2S. The van der Waals surface area contributed by atoms with E-state index >= 15 is 0 Å². The number of aryl methyl sites for hydroxylation is 1. The Balaban J connectivity index is 2.22. The van der Waals surface area contributed by atoms with Gasteiger partial charge in [0, 0.05) is 13.2 Å². The minimum absolute atomic E-state index is 0.185. The molecule has 1 aromatic heterocycles. The molecule has 0 saturated heterocycles. The Labute approximate surface area is 125 Å². The normalized spacial score (nSPS) is 11.3. The average Bonchev–Trinajstić information content (AvgIpc) is 2.53. The average molecular weight is 305 g/mol. The van der Waals surface area contributed by atoms with Crippen molar-refractivity contribution >= 4 is 15.7 Å². The second-order valence-electron chi connectivity index (χ2n) is 4.53. The summed E-state index contributed by atoms with van der Waals surface area (Å²) in [6.45, 7) is 2.20. The van der Waals surface area contributed by atoms with Crippen LogP contribution in [0, 0.1) is 0 Å². The quantitative estimate of drug-likeness (QED) is 0.858. The molecule has 0 atom stereocenters. The summed E-state index contributed by atoms with van der Waals surface area (Å²) in [6, 6.07) is 10.6. The third kappa shape index (κ3) is 3.59. The number of hydrogen-bond donors (Lipinski definition) is 2. The maximum atomic E-state index is 12.4. The van der Waals surface area contributed by atoms with Crippen LogP contribution in [0.2, 0.25) is 0 Å². The van der Waals surface area contributed by atoms with Crippen LogP contribution in [0.3, 0.4) is 0 Å². The molecule has 0 unspecified atom stereocenters. The fraction of sp³-hybridized carbons (Fsp3) is 0.267. The van der Waals surface area contributed by atoms with Gasteiger partial charge in [0.1, 0.15) is 4.90 Å². The minimum Gasteiger partial charge on any atom is -0.387 e. The van der Waals surface area contributed by atoms with Gasteiger partial charge in [-0.1, -0.05) is 25.1 Å². The first-order chi connectivity index (χ1) is 10.1. The van der Waals surface area contributed by atoms with Crippen LogP contribution in [0.1, 0.15) is 18.2 Å². The van der Waals surface area contributed by atoms with Crippen LogP contribution in [0.15, 0.2) is 47.5 Å². The third-order valence-electron chi connectivity index (χ3n) is 3.24. The maximum absolute atomic E-state index is 12.4. The van der Waals surface area contributed by atoms with Gasteiger partial charge in [0.15, 0.2) is 0 Å². The monoisotopic (exact) mass is 305 g/mol. The second kappa shape index (κ2) is 6.69. The van der Waals surface area contributed by atoms with Crippen molar-refractivity contribution in [3.05, 3.63) is 53.9 Å². The lowest BCUT2D eigenvalue weighted by molar-refractivity contribution is 0.580. The highest BCUT2D eigenvalue weighted by Gasteiger charge is 2.18. The second-order valence-corrected chi connectivity index (χ2v) is 6.27. The highest BCUT2D eigenvalue weighted by molar-refractivity contribution is 7.89. The van der Waals surface area contributed by atoms with E-state index in [1.807, 2.05) is 19.1 Å². The molecule has 6 heteroatoms. The molecule has 0 fully saturated rings. The van der Waals surface area contributed by atoms with Crippen molar-refractivity contribution in [1.82, 2.24) is 9.71 Å². The molecule has 0 aliphatic heterocycles. The van der Waals surface area contributed by atoms with Gasteiger partial charge in [-0.25, -0.2) is 13.1 Å². The molecule has 1 heterocycles. The molecule has 0 spiro atoms. The Morgan fingerprint density at radius 3 is 2.62 bits per heavy atom. The summed E-state index contributed by atoms with van der Waals surface area (Å²) in [7, 11) is -1.88. The van der Waals surface area contributed by atoms with Crippen molar-refractivity contribution in [3.8, 4) is 0 Å². The smallest absolute Gasteiger partial charge is 0.242 e. The SMILES string of the molecule is CCc1cccnc1CNS(=O)(=O)c1ccccc1NC. The predicted molar refractivity (Wildman–Crippen MR) is 83.6 cm³/mol. The third-order valence-corrected chi connectivity index (χ3v) is 4.70. The molecule has 5 nitrogen and oxygen atoms in total. The van der Waals surface area contributed by atoms with Crippen LogP contribution in [-0.2, 0) is 23.0 Å². The van der Waals surface area contributed by atoms with Crippen molar-refractivity contribution in [1.29, 1.82) is 0 Å². The summed E-state index contributed by atoms with van der Waals surface area (Å²) in [5.41, 5.74) is 2.37. The van der Waals surface area contributed by atoms with E-state index in [0.29, 0.717) is 5.69 Å². The van der Waals surface area contributed by atoms with E-state index in [1.165, 1.54) is 0 Å². The number of pyridine rings is 1. The van der Waals surface area contributed by atoms with Crippen molar-refractivity contribution in [3.63, 3.8) is 0 Å². The van der Waals surface area contributed by atoms with E-state index in [9.17, 15) is 8.42 Å². The summed E-state index contributed by atoms with van der Waals surface area (Å²) in [6.07, 6.45) is 2.49. The van der Waals surface area contributed by atoms with Gasteiger partial charge in [-0.15, -0.1) is 0 Å². The van der Waals surface area contributed by atoms with Crippen LogP contribution in [0.4, 0.5) is 5.69 Å². The Hall–Kier alpha value is -1.92. The van der Waals surface area contributed by atoms with Crippen molar-refractivity contribution in [2.75, 3.05) is 12.4 Å². The lowest BCUT2D eigenvalue weighted by atomic mass is 10.1. The lowest BCUT2D eigenvalue weighted by Gasteiger charge is -2.12. The maximum Gasteiger partial charge on any atom is 0.242 e. The predicted octanol–water partition coefficient (Wildman–Crippen LogP) is 2.16. The number of sulfonamides is 1. The molecule has 1 aromatic carbocycles. The molecule has 0 aliphatic rings. The first-order valence-corrected chi connectivity index (χ1v) is 8.26. The topological polar surface area (TPSA) is 71.1 Å². The van der Waals surface area contributed by atoms with E-state index < -0.39 is 10.0 Å². The van der Waals surface area contributed by atoms with E-state index in [0.717, 1.165) is 17.7 Å². The Morgan fingerprint density at radius 1 is 1.14 bits per heavy atom. The molecular weight excluding hydrogens is 286 g/mol. The summed E-state index contributed by atoms with van der Waals surface area (Å²) < 4.78 is 27.4. The van der Waals surface area contributed by atoms with Crippen molar-refractivity contribution in [2.45, 2.75) is 24.8 Å². The van der Waals surface area contributed by atoms with Gasteiger partial charge in [-0.05, 0) is 30.2 Å². The zero-order chi connectivity index (χ0) is 15.3. The van der Waals surface area contributed by atoms with Gasteiger partial charge in [0.05, 0.1) is 17.9 Å². The Kier molecular flexibility index (Phi) is 4.93. The molecule has 21 heavy (non-hydrogen) atoms. The summed E-state index contributed by atoms with van der Waals surface area (Å²) in [5, 5.41) is 2.89. The minimum atomic E-state index is -3.58. The van der Waals surface area contributed by atoms with Gasteiger partial charge in [-0.3, -0.25) is 4.98 Å². The zero-order valence-electron chi connectivity index (χ0n) is 12.1. The van der Waals surface area contributed by atoms with Crippen LogP contribution in [0.25, 0.3) is 0 Å². The van der Waals surface area contributed by atoms with Gasteiger partial charge in [-0.2, -0.15) is 0 Å². The number of aromatic nitrogens is 1. The highest BCUT2D eigenvalue weighted by Crippen LogP contribution is 2.20. The van der Waals surface area contributed by atoms with E-state index in [2.05, 4.69) is 15.0 Å². The first kappa shape index (κ1) is 15.5. The fourth-order valence-electron chi connectivity index (χ4n) is 2.10. The van der Waals surface area contributed by atoms with Gasteiger partial charge < -0.3 is 5.32 Å². The molecule has 0 saturated carbocycles. The number of benzene rings is 1. The lowest BCUT2D eigenvalue weighted by Crippen LogP contribution is -2.25. The number of para-hydroxylation sites is 1. The van der Waals surface area contributed by atoms with Crippen molar-refractivity contribution < 1.29 is 8.42 Å². The molecule has 0 bridgehead atoms. The van der Waals surface area contributed by atoms with E-state index in [1.54, 1.807) is 37.5 Å². The molecule has 112 valence electrons. The first-order valence-electron chi connectivity index (χ1n) is 6.77. The summed E-state index contributed by atoms with van der Waals surface area (Å²) in [4.78, 5) is 4.48. The number of nitrogens with one attached hydrogen (secondary N) is 2. The summed E-state index contributed by atoms with van der Waals surface area (Å²) in [5.74, 6) is 0. The number of rotatable bonds is 6. The van der Waals surface area contributed by atoms with Gasteiger partial charge >= 0.3 is 0 Å². The standard InChI is InChI=1S/C15H19N3O2S/c1-3-12-7-6-10-17-14(12)11-18-21(19,20)15-9-5-4-8-13(15)16-2/h4-10,16,18H,3,11H2,1-2H3. The number of nitrogens with zero attached hydrogens (tertiary/aromatic N) is 1. The fourth-order valence-corrected chi connectivity index (χ4v) is 3.30. The Morgan fingerprint density at radius 2 is 1.90 bits per heavy atom. The zero-order valence-corrected chi connectivity index (χ0v) is 12.9. The van der Waals surface area contributed by atoms with Crippen LogP contribution in [-0.4, -0.2) is 20.4 Å². The number of hydrogen-bond acceptors (Lipinski definition) is 4. The molecule has 0 radical (unpaired) electrons. The largest absolute Gasteiger partial charge is 0.387 e. The van der Waals surface area contributed by atoms with Crippen LogP contribution >= 0.6 is 0 Å². The van der Waals surface area contributed by atoms with Gasteiger partial charge in [0.25, 0.3) is 0 Å². The number of anilines is 1. The Bertz CT molecular complexity index is 714. The molecule has 2 rings (SSSR count). The molecule has 0 aliphatic carbocycles. The van der Waals surface area contributed by atoms with Crippen LogP contribution < -0.4 is 10.0 Å². The highest BCUT2D eigenvalue weighted by atomic mass is 32.2. The van der Waals surface area contributed by atoms with Gasteiger partial charge in [0.2, 0.25) is 10.0 Å². The molecule has 2 aromatic rings. The molecule has 0 amide bonds. The summed E-state index contributed by atoms with van der Waals surface area (Å²) >= 11 is 0. The van der Waals surface area contributed by atoms with Crippen molar-refractivity contribution in [2.24, 2.45) is 0 Å².